The minimum absolute atomic E-state index is 0. The molecule has 0 saturated carbocycles. The van der Waals surface area contributed by atoms with Crippen LogP contribution in [0.4, 0.5) is 0 Å². The average molecular weight is 478 g/mol. The summed E-state index contributed by atoms with van der Waals surface area (Å²) in [6, 6.07) is 4.47. The molecule has 0 spiro atoms. The molecule has 134 valence electrons. The molecule has 1 unspecified atom stereocenters. The molecule has 0 aliphatic carbocycles. The molecule has 7 heteroatoms. The largest absolute Gasteiger partial charge is 0.356 e. The van der Waals surface area contributed by atoms with Gasteiger partial charge in [-0.1, -0.05) is 26.8 Å². The first kappa shape index (κ1) is 21.4. The van der Waals surface area contributed by atoms with E-state index in [9.17, 15) is 0 Å². The lowest BCUT2D eigenvalue weighted by molar-refractivity contribution is 0.570. The fourth-order valence-corrected chi connectivity index (χ4v) is 3.83. The zero-order chi connectivity index (χ0) is 16.9. The van der Waals surface area contributed by atoms with Crippen molar-refractivity contribution < 1.29 is 0 Å². The van der Waals surface area contributed by atoms with Crippen LogP contribution in [-0.2, 0) is 11.8 Å². The van der Waals surface area contributed by atoms with Crippen molar-refractivity contribution >= 4 is 52.6 Å². The lowest BCUT2D eigenvalue weighted by Gasteiger charge is -2.16. The molecule has 0 aliphatic heterocycles. The Balaban J connectivity index is 0.00000288. The minimum atomic E-state index is 0. The number of rotatable bonds is 5. The van der Waals surface area contributed by atoms with Crippen molar-refractivity contribution in [3.05, 3.63) is 38.5 Å². The third kappa shape index (κ3) is 6.33. The van der Waals surface area contributed by atoms with Gasteiger partial charge < -0.3 is 10.6 Å². The molecule has 0 amide bonds. The molecule has 1 atom stereocenters. The first-order chi connectivity index (χ1) is 10.9. The van der Waals surface area contributed by atoms with E-state index in [1.54, 1.807) is 29.7 Å². The van der Waals surface area contributed by atoms with Gasteiger partial charge in [0.25, 0.3) is 0 Å². The first-order valence-corrected chi connectivity index (χ1v) is 9.61. The van der Waals surface area contributed by atoms with E-state index < -0.39 is 0 Å². The maximum absolute atomic E-state index is 4.73. The number of hydrogen-bond donors (Lipinski definition) is 2. The number of thiophene rings is 1. The third-order valence-electron chi connectivity index (χ3n) is 3.50. The van der Waals surface area contributed by atoms with E-state index in [0.29, 0.717) is 0 Å². The highest BCUT2D eigenvalue weighted by Gasteiger charge is 2.17. The topological polar surface area (TPSA) is 49.3 Å². The van der Waals surface area contributed by atoms with Crippen LogP contribution in [0, 0.1) is 0 Å². The van der Waals surface area contributed by atoms with Gasteiger partial charge in [-0.3, -0.25) is 4.99 Å². The monoisotopic (exact) mass is 478 g/mol. The van der Waals surface area contributed by atoms with Crippen molar-refractivity contribution in [3.8, 4) is 0 Å². The number of guanidine groups is 1. The highest BCUT2D eigenvalue weighted by atomic mass is 127. The molecule has 2 aromatic heterocycles. The Bertz CT molecular complexity index is 629. The second-order valence-corrected chi connectivity index (χ2v) is 8.43. The van der Waals surface area contributed by atoms with Crippen molar-refractivity contribution in [2.45, 2.75) is 45.6 Å². The lowest BCUT2D eigenvalue weighted by atomic mass is 9.93. The minimum Gasteiger partial charge on any atom is -0.356 e. The second-order valence-electron chi connectivity index (χ2n) is 6.51. The highest BCUT2D eigenvalue weighted by molar-refractivity contribution is 14.0. The van der Waals surface area contributed by atoms with Crippen LogP contribution < -0.4 is 10.6 Å². The number of halogens is 1. The number of nitrogens with one attached hydrogen (secondary N) is 2. The molecule has 2 heterocycles. The van der Waals surface area contributed by atoms with Crippen molar-refractivity contribution in [3.63, 3.8) is 0 Å². The molecule has 0 radical (unpaired) electrons. The Hall–Kier alpha value is -0.670. The number of thiazole rings is 1. The van der Waals surface area contributed by atoms with E-state index in [4.69, 9.17) is 4.98 Å². The summed E-state index contributed by atoms with van der Waals surface area (Å²) in [5.41, 5.74) is 1.29. The molecule has 0 bridgehead atoms. The Morgan fingerprint density at radius 1 is 1.33 bits per heavy atom. The SMILES string of the molecule is CN=C(NCCc1nc(C(C)(C)C)cs1)NC(C)c1cccs1.I. The summed E-state index contributed by atoms with van der Waals surface area (Å²) < 4.78 is 0. The van der Waals surface area contributed by atoms with E-state index in [-0.39, 0.29) is 35.4 Å². The van der Waals surface area contributed by atoms with Gasteiger partial charge in [-0.25, -0.2) is 4.98 Å². The number of aliphatic imine (C=N–C) groups is 1. The number of aromatic nitrogens is 1. The van der Waals surface area contributed by atoms with Crippen molar-refractivity contribution in [1.29, 1.82) is 0 Å². The Morgan fingerprint density at radius 2 is 2.08 bits per heavy atom. The number of hydrogen-bond acceptors (Lipinski definition) is 4. The number of nitrogens with zero attached hydrogens (tertiary/aromatic N) is 2. The summed E-state index contributed by atoms with van der Waals surface area (Å²) >= 11 is 3.49. The van der Waals surface area contributed by atoms with Crippen LogP contribution in [0.1, 0.15) is 49.3 Å². The van der Waals surface area contributed by atoms with Crippen LogP contribution in [0.25, 0.3) is 0 Å². The molecular formula is C17H27IN4S2. The third-order valence-corrected chi connectivity index (χ3v) is 5.46. The normalized spacial score (nSPS) is 13.3. The van der Waals surface area contributed by atoms with Crippen molar-refractivity contribution in [1.82, 2.24) is 15.6 Å². The molecular weight excluding hydrogens is 451 g/mol. The molecule has 2 rings (SSSR count). The van der Waals surface area contributed by atoms with Crippen LogP contribution >= 0.6 is 46.7 Å². The maximum atomic E-state index is 4.73. The van der Waals surface area contributed by atoms with Gasteiger partial charge in [-0.15, -0.1) is 46.7 Å². The van der Waals surface area contributed by atoms with E-state index in [1.165, 1.54) is 15.6 Å². The molecule has 2 aromatic rings. The quantitative estimate of drug-likeness (QED) is 0.376. The smallest absolute Gasteiger partial charge is 0.191 e. The van der Waals surface area contributed by atoms with Crippen molar-refractivity contribution in [2.75, 3.05) is 13.6 Å². The van der Waals surface area contributed by atoms with Gasteiger partial charge in [0, 0.05) is 35.7 Å². The predicted octanol–water partition coefficient (Wildman–Crippen LogP) is 4.59. The summed E-state index contributed by atoms with van der Waals surface area (Å²) in [6.07, 6.45) is 0.912. The standard InChI is InChI=1S/C17H26N4S2.HI/c1-12(13-7-6-10-22-13)20-16(18-5)19-9-8-15-21-14(11-23-15)17(2,3)4;/h6-7,10-12H,8-9H2,1-5H3,(H2,18,19,20);1H. The van der Waals surface area contributed by atoms with Crippen LogP contribution in [0.15, 0.2) is 27.9 Å². The van der Waals surface area contributed by atoms with E-state index in [1.807, 2.05) is 0 Å². The van der Waals surface area contributed by atoms with Gasteiger partial charge in [0.15, 0.2) is 5.96 Å². The molecule has 0 saturated heterocycles. The molecule has 2 N–H and O–H groups in total. The fraction of sp³-hybridized carbons (Fsp3) is 0.529. The van der Waals surface area contributed by atoms with Crippen molar-refractivity contribution in [2.24, 2.45) is 4.99 Å². The lowest BCUT2D eigenvalue weighted by Crippen LogP contribution is -2.39. The molecule has 4 nitrogen and oxygen atoms in total. The second kappa shape index (κ2) is 9.72. The average Bonchev–Trinajstić information content (AvgIpc) is 3.16. The zero-order valence-electron chi connectivity index (χ0n) is 14.9. The van der Waals surface area contributed by atoms with Crippen LogP contribution in [-0.4, -0.2) is 24.5 Å². The Morgan fingerprint density at radius 3 is 2.62 bits per heavy atom. The molecule has 24 heavy (non-hydrogen) atoms. The zero-order valence-corrected chi connectivity index (χ0v) is 18.9. The van der Waals surface area contributed by atoms with Gasteiger partial charge in [0.1, 0.15) is 0 Å². The Labute approximate surface area is 170 Å². The molecule has 0 aromatic carbocycles. The molecule has 0 aliphatic rings. The first-order valence-electron chi connectivity index (χ1n) is 7.85. The van der Waals surface area contributed by atoms with E-state index in [2.05, 4.69) is 66.2 Å². The predicted molar refractivity (Wildman–Crippen MR) is 117 cm³/mol. The van der Waals surface area contributed by atoms with E-state index in [0.717, 1.165) is 18.9 Å². The summed E-state index contributed by atoms with van der Waals surface area (Å²) in [5, 5.41) is 12.2. The van der Waals surface area contributed by atoms with Crippen LogP contribution in [0.2, 0.25) is 0 Å². The summed E-state index contributed by atoms with van der Waals surface area (Å²) in [5.74, 6) is 0.832. The molecule has 0 fully saturated rings. The summed E-state index contributed by atoms with van der Waals surface area (Å²) in [4.78, 5) is 10.3. The van der Waals surface area contributed by atoms with Gasteiger partial charge in [-0.05, 0) is 18.4 Å². The highest BCUT2D eigenvalue weighted by Crippen LogP contribution is 2.24. The summed E-state index contributed by atoms with van der Waals surface area (Å²) in [6.45, 7) is 9.56. The van der Waals surface area contributed by atoms with Crippen LogP contribution in [0.5, 0.6) is 0 Å². The Kier molecular flexibility index (Phi) is 8.66. The van der Waals surface area contributed by atoms with E-state index >= 15 is 0 Å². The van der Waals surface area contributed by atoms with Gasteiger partial charge >= 0.3 is 0 Å². The van der Waals surface area contributed by atoms with Gasteiger partial charge in [-0.2, -0.15) is 0 Å². The fourth-order valence-electron chi connectivity index (χ4n) is 2.07. The summed E-state index contributed by atoms with van der Waals surface area (Å²) in [7, 11) is 1.80. The van der Waals surface area contributed by atoms with Gasteiger partial charge in [0.2, 0.25) is 0 Å². The van der Waals surface area contributed by atoms with Gasteiger partial charge in [0.05, 0.1) is 16.7 Å². The van der Waals surface area contributed by atoms with Crippen LogP contribution in [0.3, 0.4) is 0 Å². The maximum Gasteiger partial charge on any atom is 0.191 e.